The number of aromatic nitrogens is 1. The van der Waals surface area contributed by atoms with E-state index >= 15 is 0 Å². The number of methoxy groups -OCH3 is 1. The SMILES string of the molecule is COc1ccc(Cl)cc1C(=O)NC(=S)Nc1cccc(-c2nc3cc(C)ccc3o2)c1. The van der Waals surface area contributed by atoms with E-state index < -0.39 is 5.91 Å². The molecule has 0 fully saturated rings. The van der Waals surface area contributed by atoms with Gasteiger partial charge in [0.2, 0.25) is 5.89 Å². The van der Waals surface area contributed by atoms with Gasteiger partial charge in [0.05, 0.1) is 12.7 Å². The summed E-state index contributed by atoms with van der Waals surface area (Å²) in [5.74, 6) is 0.475. The third-order valence-corrected chi connectivity index (χ3v) is 4.98. The number of benzene rings is 3. The van der Waals surface area contributed by atoms with Crippen LogP contribution in [0.5, 0.6) is 5.75 Å². The van der Waals surface area contributed by atoms with Crippen LogP contribution in [0, 0.1) is 6.92 Å². The van der Waals surface area contributed by atoms with Crippen molar-refractivity contribution in [3.63, 3.8) is 0 Å². The van der Waals surface area contributed by atoms with Gasteiger partial charge in [0.15, 0.2) is 10.7 Å². The molecule has 31 heavy (non-hydrogen) atoms. The molecular formula is C23H18ClN3O3S. The Morgan fingerprint density at radius 2 is 1.97 bits per heavy atom. The molecule has 1 heterocycles. The van der Waals surface area contributed by atoms with E-state index in [1.807, 2.05) is 49.4 Å². The lowest BCUT2D eigenvalue weighted by Gasteiger charge is -2.12. The van der Waals surface area contributed by atoms with Gasteiger partial charge in [-0.1, -0.05) is 23.7 Å². The molecular weight excluding hydrogens is 434 g/mol. The highest BCUT2D eigenvalue weighted by molar-refractivity contribution is 7.80. The first kappa shape index (κ1) is 20.8. The normalized spacial score (nSPS) is 10.7. The summed E-state index contributed by atoms with van der Waals surface area (Å²) in [5.41, 5.74) is 4.38. The second-order valence-corrected chi connectivity index (χ2v) is 7.67. The number of rotatable bonds is 4. The van der Waals surface area contributed by atoms with Gasteiger partial charge in [-0.3, -0.25) is 10.1 Å². The number of oxazole rings is 1. The Morgan fingerprint density at radius 3 is 2.77 bits per heavy atom. The molecule has 2 N–H and O–H groups in total. The first-order chi connectivity index (χ1) is 14.9. The van der Waals surface area contributed by atoms with Gasteiger partial charge in [-0.05, 0) is 73.2 Å². The Bertz CT molecular complexity index is 1300. The molecule has 0 bridgehead atoms. The van der Waals surface area contributed by atoms with Crippen LogP contribution in [-0.4, -0.2) is 23.1 Å². The van der Waals surface area contributed by atoms with Crippen molar-refractivity contribution < 1.29 is 13.9 Å². The number of aryl methyl sites for hydroxylation is 1. The van der Waals surface area contributed by atoms with E-state index in [-0.39, 0.29) is 10.7 Å². The molecule has 0 atom stereocenters. The summed E-state index contributed by atoms with van der Waals surface area (Å²) in [5, 5.41) is 6.20. The molecule has 0 unspecified atom stereocenters. The number of hydrogen-bond acceptors (Lipinski definition) is 5. The van der Waals surface area contributed by atoms with Crippen molar-refractivity contribution in [1.82, 2.24) is 10.3 Å². The van der Waals surface area contributed by atoms with Gasteiger partial charge in [0.25, 0.3) is 5.91 Å². The zero-order valence-corrected chi connectivity index (χ0v) is 18.3. The number of halogens is 1. The standard InChI is InChI=1S/C23H18ClN3O3S/c1-13-6-8-20-18(10-13)26-22(30-20)14-4-3-5-16(11-14)25-23(31)27-21(28)17-12-15(24)7-9-19(17)29-2/h3-12H,1-2H3,(H2,25,27,28,31). The summed E-state index contributed by atoms with van der Waals surface area (Å²) >= 11 is 11.3. The summed E-state index contributed by atoms with van der Waals surface area (Å²) in [4.78, 5) is 17.1. The smallest absolute Gasteiger partial charge is 0.261 e. The third kappa shape index (κ3) is 4.68. The highest BCUT2D eigenvalue weighted by atomic mass is 35.5. The van der Waals surface area contributed by atoms with Gasteiger partial charge < -0.3 is 14.5 Å². The zero-order chi connectivity index (χ0) is 22.0. The summed E-state index contributed by atoms with van der Waals surface area (Å²) in [6.07, 6.45) is 0. The van der Waals surface area contributed by atoms with Crippen LogP contribution < -0.4 is 15.4 Å². The van der Waals surface area contributed by atoms with Crippen molar-refractivity contribution in [2.24, 2.45) is 0 Å². The fourth-order valence-electron chi connectivity index (χ4n) is 3.08. The molecule has 0 spiro atoms. The molecule has 1 aromatic heterocycles. The van der Waals surface area contributed by atoms with Gasteiger partial charge in [0.1, 0.15) is 11.3 Å². The topological polar surface area (TPSA) is 76.4 Å². The zero-order valence-electron chi connectivity index (χ0n) is 16.7. The molecule has 0 radical (unpaired) electrons. The number of thiocarbonyl (C=S) groups is 1. The van der Waals surface area contributed by atoms with E-state index in [1.54, 1.807) is 12.1 Å². The molecule has 1 amide bonds. The first-order valence-corrected chi connectivity index (χ1v) is 10.1. The van der Waals surface area contributed by atoms with E-state index in [0.29, 0.717) is 22.4 Å². The number of carbonyl (C=O) groups excluding carboxylic acids is 1. The van der Waals surface area contributed by atoms with Crippen molar-refractivity contribution in [3.05, 3.63) is 76.8 Å². The van der Waals surface area contributed by atoms with Crippen LogP contribution in [0.15, 0.2) is 65.1 Å². The first-order valence-electron chi connectivity index (χ1n) is 9.36. The van der Waals surface area contributed by atoms with E-state index in [1.165, 1.54) is 13.2 Å². The maximum absolute atomic E-state index is 12.6. The van der Waals surface area contributed by atoms with Gasteiger partial charge in [-0.15, -0.1) is 0 Å². The fraction of sp³-hybridized carbons (Fsp3) is 0.0870. The number of anilines is 1. The molecule has 4 aromatic rings. The lowest BCUT2D eigenvalue weighted by atomic mass is 10.2. The molecule has 6 nitrogen and oxygen atoms in total. The van der Waals surface area contributed by atoms with Crippen LogP contribution in [-0.2, 0) is 0 Å². The summed E-state index contributed by atoms with van der Waals surface area (Å²) in [6.45, 7) is 2.01. The second-order valence-electron chi connectivity index (χ2n) is 6.82. The molecule has 0 saturated carbocycles. The van der Waals surface area contributed by atoms with Crippen LogP contribution in [0.4, 0.5) is 5.69 Å². The lowest BCUT2D eigenvalue weighted by Crippen LogP contribution is -2.34. The molecule has 0 aliphatic carbocycles. The maximum atomic E-state index is 12.6. The van der Waals surface area contributed by atoms with Crippen LogP contribution in [0.2, 0.25) is 5.02 Å². The number of fused-ring (bicyclic) bond motifs is 1. The number of ether oxygens (including phenoxy) is 1. The van der Waals surface area contributed by atoms with Gasteiger partial charge in [-0.25, -0.2) is 4.98 Å². The molecule has 4 rings (SSSR count). The van der Waals surface area contributed by atoms with Crippen molar-refractivity contribution in [3.8, 4) is 17.2 Å². The molecule has 0 aliphatic heterocycles. The minimum Gasteiger partial charge on any atom is -0.496 e. The fourth-order valence-corrected chi connectivity index (χ4v) is 3.46. The van der Waals surface area contributed by atoms with Gasteiger partial charge >= 0.3 is 0 Å². The third-order valence-electron chi connectivity index (χ3n) is 4.54. The van der Waals surface area contributed by atoms with Crippen molar-refractivity contribution in [2.75, 3.05) is 12.4 Å². The molecule has 8 heteroatoms. The average molecular weight is 452 g/mol. The van der Waals surface area contributed by atoms with E-state index in [2.05, 4.69) is 15.6 Å². The van der Waals surface area contributed by atoms with Gasteiger partial charge in [0, 0.05) is 16.3 Å². The average Bonchev–Trinajstić information content (AvgIpc) is 3.17. The van der Waals surface area contributed by atoms with Crippen molar-refractivity contribution in [2.45, 2.75) is 6.92 Å². The Hall–Kier alpha value is -3.42. The van der Waals surface area contributed by atoms with Crippen LogP contribution in [0.1, 0.15) is 15.9 Å². The number of hydrogen-bond donors (Lipinski definition) is 2. The predicted molar refractivity (Wildman–Crippen MR) is 126 cm³/mol. The maximum Gasteiger partial charge on any atom is 0.261 e. The lowest BCUT2D eigenvalue weighted by molar-refractivity contribution is 0.0975. The highest BCUT2D eigenvalue weighted by Gasteiger charge is 2.15. The van der Waals surface area contributed by atoms with Crippen molar-refractivity contribution >= 4 is 51.6 Å². The number of carbonyl (C=O) groups is 1. The minimum atomic E-state index is -0.428. The Kier molecular flexibility index (Phi) is 5.88. The second kappa shape index (κ2) is 8.75. The monoisotopic (exact) mass is 451 g/mol. The van der Waals surface area contributed by atoms with E-state index in [9.17, 15) is 4.79 Å². The quantitative estimate of drug-likeness (QED) is 0.394. The van der Waals surface area contributed by atoms with Crippen LogP contribution in [0.3, 0.4) is 0 Å². The predicted octanol–water partition coefficient (Wildman–Crippen LogP) is 5.59. The number of nitrogens with zero attached hydrogens (tertiary/aromatic N) is 1. The van der Waals surface area contributed by atoms with Crippen LogP contribution >= 0.6 is 23.8 Å². The summed E-state index contributed by atoms with van der Waals surface area (Å²) in [7, 11) is 1.48. The van der Waals surface area contributed by atoms with Crippen LogP contribution in [0.25, 0.3) is 22.6 Å². The van der Waals surface area contributed by atoms with Crippen molar-refractivity contribution in [1.29, 1.82) is 0 Å². The highest BCUT2D eigenvalue weighted by Crippen LogP contribution is 2.27. The molecule has 0 saturated heterocycles. The molecule has 156 valence electrons. The number of nitrogens with one attached hydrogen (secondary N) is 2. The summed E-state index contributed by atoms with van der Waals surface area (Å²) in [6, 6.07) is 18.1. The Balaban J connectivity index is 1.50. The minimum absolute atomic E-state index is 0.136. The van der Waals surface area contributed by atoms with Gasteiger partial charge in [-0.2, -0.15) is 0 Å². The Labute approximate surface area is 189 Å². The Morgan fingerprint density at radius 1 is 1.13 bits per heavy atom. The largest absolute Gasteiger partial charge is 0.496 e. The van der Waals surface area contributed by atoms with E-state index in [4.69, 9.17) is 33.0 Å². The molecule has 0 aliphatic rings. The van der Waals surface area contributed by atoms with E-state index in [0.717, 1.165) is 22.2 Å². The summed E-state index contributed by atoms with van der Waals surface area (Å²) < 4.78 is 11.1. The molecule has 3 aromatic carbocycles. The number of amides is 1.